The fraction of sp³-hybridized carbons (Fsp3) is 0.182. The number of phenols is 1. The number of H-pyrrole nitrogens is 1. The van der Waals surface area contributed by atoms with Gasteiger partial charge in [-0.15, -0.1) is 0 Å². The van der Waals surface area contributed by atoms with Crippen molar-refractivity contribution in [3.05, 3.63) is 36.2 Å². The number of hydrogen-bond donors (Lipinski definition) is 3. The fourth-order valence-electron chi connectivity index (χ4n) is 1.38. The first-order chi connectivity index (χ1) is 7.79. The molecule has 1 aromatic carbocycles. The molecular weight excluding hydrogens is 206 g/mol. The molecule has 0 aliphatic rings. The Bertz CT molecular complexity index is 454. The van der Waals surface area contributed by atoms with Crippen LogP contribution in [0.25, 0.3) is 0 Å². The van der Waals surface area contributed by atoms with Gasteiger partial charge < -0.3 is 15.2 Å². The number of benzene rings is 1. The highest BCUT2D eigenvalue weighted by molar-refractivity contribution is 5.44. The summed E-state index contributed by atoms with van der Waals surface area (Å²) in [5.74, 6) is 0.971. The third kappa shape index (κ3) is 2.25. The number of aromatic nitrogens is 2. The van der Waals surface area contributed by atoms with E-state index in [1.54, 1.807) is 37.7 Å². The van der Waals surface area contributed by atoms with Crippen LogP contribution in [-0.4, -0.2) is 22.4 Å². The molecule has 16 heavy (non-hydrogen) atoms. The molecule has 84 valence electrons. The maximum absolute atomic E-state index is 9.64. The first-order valence-electron chi connectivity index (χ1n) is 4.88. The van der Waals surface area contributed by atoms with Gasteiger partial charge in [0, 0.05) is 18.3 Å². The van der Waals surface area contributed by atoms with Gasteiger partial charge in [-0.05, 0) is 18.2 Å². The molecule has 1 aromatic heterocycles. The number of rotatable bonds is 4. The van der Waals surface area contributed by atoms with Gasteiger partial charge >= 0.3 is 0 Å². The molecule has 0 unspecified atom stereocenters. The maximum Gasteiger partial charge on any atom is 0.120 e. The number of hydrogen-bond acceptors (Lipinski definition) is 4. The summed E-state index contributed by atoms with van der Waals surface area (Å²) < 4.78 is 5.09. The Morgan fingerprint density at radius 1 is 1.50 bits per heavy atom. The van der Waals surface area contributed by atoms with Crippen molar-refractivity contribution < 1.29 is 9.84 Å². The second kappa shape index (κ2) is 4.57. The van der Waals surface area contributed by atoms with Crippen molar-refractivity contribution >= 4 is 5.69 Å². The van der Waals surface area contributed by atoms with Gasteiger partial charge in [0.2, 0.25) is 0 Å². The minimum atomic E-state index is 0.247. The molecule has 0 spiro atoms. The van der Waals surface area contributed by atoms with Crippen molar-refractivity contribution in [1.29, 1.82) is 0 Å². The van der Waals surface area contributed by atoms with E-state index in [0.29, 0.717) is 6.54 Å². The number of aromatic amines is 1. The first kappa shape index (κ1) is 10.4. The molecule has 1 heterocycles. The van der Waals surface area contributed by atoms with E-state index in [-0.39, 0.29) is 5.75 Å². The van der Waals surface area contributed by atoms with E-state index in [0.717, 1.165) is 17.0 Å². The zero-order valence-corrected chi connectivity index (χ0v) is 8.90. The Morgan fingerprint density at radius 2 is 2.38 bits per heavy atom. The number of aromatic hydroxyl groups is 1. The van der Waals surface area contributed by atoms with Gasteiger partial charge in [0.05, 0.1) is 19.0 Å². The van der Waals surface area contributed by atoms with Crippen LogP contribution >= 0.6 is 0 Å². The van der Waals surface area contributed by atoms with Crippen LogP contribution < -0.4 is 10.1 Å². The van der Waals surface area contributed by atoms with Crippen LogP contribution in [0.3, 0.4) is 0 Å². The standard InChI is InChI=1S/C11H13N3O2/c1-16-10-2-3-11(15)8(4-10)5-12-9-6-13-14-7-9/h2-4,6-7,12,15H,5H2,1H3,(H,13,14). The molecule has 3 N–H and O–H groups in total. The molecule has 0 bridgehead atoms. The molecule has 2 aromatic rings. The summed E-state index contributed by atoms with van der Waals surface area (Å²) in [7, 11) is 1.60. The molecule has 0 aliphatic carbocycles. The average molecular weight is 219 g/mol. The van der Waals surface area contributed by atoms with Gasteiger partial charge in [0.25, 0.3) is 0 Å². The normalized spacial score (nSPS) is 10.1. The van der Waals surface area contributed by atoms with Crippen LogP contribution in [0, 0.1) is 0 Å². The Balaban J connectivity index is 2.08. The van der Waals surface area contributed by atoms with Crippen molar-refractivity contribution in [3.63, 3.8) is 0 Å². The first-order valence-corrected chi connectivity index (χ1v) is 4.88. The molecular formula is C11H13N3O2. The van der Waals surface area contributed by atoms with Gasteiger partial charge in [-0.1, -0.05) is 0 Å². The second-order valence-corrected chi connectivity index (χ2v) is 3.34. The van der Waals surface area contributed by atoms with Gasteiger partial charge in [-0.2, -0.15) is 5.10 Å². The Kier molecular flexibility index (Phi) is 2.95. The van der Waals surface area contributed by atoms with Gasteiger partial charge in [0.1, 0.15) is 11.5 Å². The third-order valence-corrected chi connectivity index (χ3v) is 2.27. The number of methoxy groups -OCH3 is 1. The zero-order chi connectivity index (χ0) is 11.4. The maximum atomic E-state index is 9.64. The van der Waals surface area contributed by atoms with E-state index in [1.807, 2.05) is 0 Å². The molecule has 0 amide bonds. The van der Waals surface area contributed by atoms with Crippen LogP contribution in [0.5, 0.6) is 11.5 Å². The lowest BCUT2D eigenvalue weighted by molar-refractivity contribution is 0.411. The summed E-state index contributed by atoms with van der Waals surface area (Å²) in [6.07, 6.45) is 3.43. The number of anilines is 1. The summed E-state index contributed by atoms with van der Waals surface area (Å²) >= 11 is 0. The Labute approximate surface area is 93.1 Å². The molecule has 0 aliphatic heterocycles. The van der Waals surface area contributed by atoms with Crippen molar-refractivity contribution in [2.24, 2.45) is 0 Å². The monoisotopic (exact) mass is 219 g/mol. The van der Waals surface area contributed by atoms with E-state index in [4.69, 9.17) is 4.74 Å². The molecule has 5 nitrogen and oxygen atoms in total. The lowest BCUT2D eigenvalue weighted by atomic mass is 10.2. The number of ether oxygens (including phenoxy) is 1. The van der Waals surface area contributed by atoms with E-state index in [2.05, 4.69) is 15.5 Å². The molecule has 5 heteroatoms. The fourth-order valence-corrected chi connectivity index (χ4v) is 1.38. The van der Waals surface area contributed by atoms with Gasteiger partial charge in [-0.25, -0.2) is 0 Å². The molecule has 0 atom stereocenters. The van der Waals surface area contributed by atoms with Crippen LogP contribution in [0.1, 0.15) is 5.56 Å². The lowest BCUT2D eigenvalue weighted by Crippen LogP contribution is -1.99. The molecule has 0 saturated carbocycles. The molecule has 0 radical (unpaired) electrons. The minimum absolute atomic E-state index is 0.247. The summed E-state index contributed by atoms with van der Waals surface area (Å²) in [6.45, 7) is 0.516. The third-order valence-electron chi connectivity index (χ3n) is 2.27. The van der Waals surface area contributed by atoms with Crippen molar-refractivity contribution in [1.82, 2.24) is 10.2 Å². The van der Waals surface area contributed by atoms with E-state index in [1.165, 1.54) is 0 Å². The van der Waals surface area contributed by atoms with Gasteiger partial charge in [0.15, 0.2) is 0 Å². The summed E-state index contributed by atoms with van der Waals surface area (Å²) in [4.78, 5) is 0. The largest absolute Gasteiger partial charge is 0.508 e. The lowest BCUT2D eigenvalue weighted by Gasteiger charge is -2.08. The zero-order valence-electron chi connectivity index (χ0n) is 8.90. The predicted molar refractivity (Wildman–Crippen MR) is 60.6 cm³/mol. The van der Waals surface area contributed by atoms with Crippen LogP contribution in [0.2, 0.25) is 0 Å². The topological polar surface area (TPSA) is 70.2 Å². The smallest absolute Gasteiger partial charge is 0.120 e. The quantitative estimate of drug-likeness (QED) is 0.732. The van der Waals surface area contributed by atoms with Gasteiger partial charge in [-0.3, -0.25) is 5.10 Å². The SMILES string of the molecule is COc1ccc(O)c(CNc2cn[nH]c2)c1. The number of phenolic OH excluding ortho intramolecular Hbond substituents is 1. The van der Waals surface area contributed by atoms with Crippen LogP contribution in [0.4, 0.5) is 5.69 Å². The molecule has 0 fully saturated rings. The second-order valence-electron chi connectivity index (χ2n) is 3.34. The van der Waals surface area contributed by atoms with E-state index < -0.39 is 0 Å². The minimum Gasteiger partial charge on any atom is -0.508 e. The Hall–Kier alpha value is -2.17. The summed E-state index contributed by atoms with van der Waals surface area (Å²) in [6, 6.07) is 5.13. The molecule has 0 saturated heterocycles. The van der Waals surface area contributed by atoms with Crippen molar-refractivity contribution in [2.45, 2.75) is 6.54 Å². The number of nitrogens with zero attached hydrogens (tertiary/aromatic N) is 1. The summed E-state index contributed by atoms with van der Waals surface area (Å²) in [5, 5.41) is 19.3. The highest BCUT2D eigenvalue weighted by atomic mass is 16.5. The van der Waals surface area contributed by atoms with Crippen molar-refractivity contribution in [2.75, 3.05) is 12.4 Å². The number of nitrogens with one attached hydrogen (secondary N) is 2. The summed E-state index contributed by atoms with van der Waals surface area (Å²) in [5.41, 5.74) is 1.66. The molecule has 2 rings (SSSR count). The highest BCUT2D eigenvalue weighted by Crippen LogP contribution is 2.23. The Morgan fingerprint density at radius 3 is 3.06 bits per heavy atom. The predicted octanol–water partition coefficient (Wildman–Crippen LogP) is 1.74. The van der Waals surface area contributed by atoms with E-state index >= 15 is 0 Å². The van der Waals surface area contributed by atoms with Crippen LogP contribution in [0.15, 0.2) is 30.6 Å². The average Bonchev–Trinajstić information content (AvgIpc) is 2.81. The highest BCUT2D eigenvalue weighted by Gasteiger charge is 2.03. The van der Waals surface area contributed by atoms with Crippen molar-refractivity contribution in [3.8, 4) is 11.5 Å². The van der Waals surface area contributed by atoms with E-state index in [9.17, 15) is 5.11 Å². The van der Waals surface area contributed by atoms with Crippen LogP contribution in [-0.2, 0) is 6.54 Å².